The molecule has 0 saturated carbocycles. The fourth-order valence-electron chi connectivity index (χ4n) is 3.13. The largest absolute Gasteiger partial charge is 0.451 e. The van der Waals surface area contributed by atoms with Gasteiger partial charge < -0.3 is 9.72 Å². The van der Waals surface area contributed by atoms with Crippen molar-refractivity contribution in [1.82, 2.24) is 15.0 Å². The van der Waals surface area contributed by atoms with E-state index in [1.165, 1.54) is 11.3 Å². The van der Waals surface area contributed by atoms with E-state index in [-0.39, 0.29) is 5.56 Å². The Hall–Kier alpha value is -2.49. The highest BCUT2D eigenvalue weighted by molar-refractivity contribution is 8.00. The maximum atomic E-state index is 12.9. The number of H-pyrrole nitrogens is 1. The van der Waals surface area contributed by atoms with Gasteiger partial charge in [0.05, 0.1) is 10.9 Å². The second kappa shape index (κ2) is 8.94. The Labute approximate surface area is 191 Å². The number of nitrogens with one attached hydrogen (secondary N) is 1. The number of benzene rings is 1. The van der Waals surface area contributed by atoms with Crippen molar-refractivity contribution in [3.05, 3.63) is 73.1 Å². The van der Waals surface area contributed by atoms with E-state index in [4.69, 9.17) is 4.74 Å². The van der Waals surface area contributed by atoms with Crippen LogP contribution in [0.2, 0.25) is 0 Å². The summed E-state index contributed by atoms with van der Waals surface area (Å²) >= 11 is 4.65. The fraction of sp³-hybridized carbons (Fsp3) is 0.273. The van der Waals surface area contributed by atoms with Gasteiger partial charge in [-0.3, -0.25) is 4.79 Å². The summed E-state index contributed by atoms with van der Waals surface area (Å²) in [5, 5.41) is 2.61. The minimum atomic E-state index is -0.686. The maximum Gasteiger partial charge on any atom is 0.339 e. The number of hydrogen-bond acceptors (Lipinski definition) is 8. The topological polar surface area (TPSA) is 84.9 Å². The first kappa shape index (κ1) is 21.7. The predicted octanol–water partition coefficient (Wildman–Crippen LogP) is 5.58. The number of carbonyl (C=O) groups is 1. The molecule has 0 aliphatic rings. The van der Waals surface area contributed by atoms with Crippen LogP contribution < -0.4 is 5.56 Å². The van der Waals surface area contributed by atoms with Gasteiger partial charge in [-0.05, 0) is 44.9 Å². The van der Waals surface area contributed by atoms with E-state index in [1.807, 2.05) is 44.4 Å². The Balaban J connectivity index is 1.53. The van der Waals surface area contributed by atoms with Gasteiger partial charge in [-0.25, -0.2) is 14.8 Å². The normalized spacial score (nSPS) is 12.3. The van der Waals surface area contributed by atoms with Gasteiger partial charge in [0.25, 0.3) is 5.56 Å². The monoisotopic (exact) mass is 471 g/mol. The van der Waals surface area contributed by atoms with Crippen molar-refractivity contribution in [2.45, 2.75) is 43.9 Å². The molecule has 0 aliphatic carbocycles. The summed E-state index contributed by atoms with van der Waals surface area (Å²) in [5.74, 6) is 0.513. The average Bonchev–Trinajstić information content (AvgIpc) is 3.29. The number of carbonyl (C=O) groups excluding carboxylic acids is 1. The molecule has 0 bridgehead atoms. The third-order valence-corrected chi connectivity index (χ3v) is 8.20. The van der Waals surface area contributed by atoms with E-state index in [2.05, 4.69) is 15.0 Å². The van der Waals surface area contributed by atoms with E-state index < -0.39 is 12.1 Å². The van der Waals surface area contributed by atoms with Gasteiger partial charge in [0, 0.05) is 21.7 Å². The first-order chi connectivity index (χ1) is 14.8. The molecule has 0 spiro atoms. The van der Waals surface area contributed by atoms with Crippen LogP contribution in [0.5, 0.6) is 0 Å². The molecular formula is C22H21N3O3S3. The molecule has 1 unspecified atom stereocenters. The molecular weight excluding hydrogens is 450 g/mol. The lowest BCUT2D eigenvalue weighted by Gasteiger charge is -2.14. The molecule has 0 saturated heterocycles. The van der Waals surface area contributed by atoms with E-state index >= 15 is 0 Å². The summed E-state index contributed by atoms with van der Waals surface area (Å²) < 4.78 is 6.63. The molecule has 0 radical (unpaired) electrons. The molecule has 0 aliphatic heterocycles. The molecule has 31 heavy (non-hydrogen) atoms. The lowest BCUT2D eigenvalue weighted by Crippen LogP contribution is -2.17. The number of thiazole rings is 1. The number of esters is 1. The third kappa shape index (κ3) is 4.58. The summed E-state index contributed by atoms with van der Waals surface area (Å²) in [6, 6.07) is 7.38. The highest BCUT2D eigenvalue weighted by atomic mass is 32.2. The summed E-state index contributed by atoms with van der Waals surface area (Å²) in [5.41, 5.74) is 3.09. The van der Waals surface area contributed by atoms with Crippen LogP contribution in [0.3, 0.4) is 0 Å². The zero-order valence-electron chi connectivity index (χ0n) is 17.5. The number of thioether (sulfide) groups is 1. The molecule has 9 heteroatoms. The number of nitrogens with zero attached hydrogens (tertiary/aromatic N) is 2. The Morgan fingerprint density at radius 2 is 2.00 bits per heavy atom. The van der Waals surface area contributed by atoms with Crippen LogP contribution in [-0.4, -0.2) is 20.9 Å². The molecule has 3 aromatic heterocycles. The highest BCUT2D eigenvalue weighted by Gasteiger charge is 2.20. The number of aryl methyl sites for hydroxylation is 3. The number of hydrogen-bond donors (Lipinski definition) is 1. The maximum absolute atomic E-state index is 12.9. The SMILES string of the molecule is Cc1csc(SCc2ccccc2C(=O)OC(C)c2nc3sc(C)c(C)c3c(=O)[nH]2)n1. The summed E-state index contributed by atoms with van der Waals surface area (Å²) in [6.45, 7) is 7.55. The molecule has 4 aromatic rings. The van der Waals surface area contributed by atoms with E-state index in [1.54, 1.807) is 36.1 Å². The predicted molar refractivity (Wildman–Crippen MR) is 126 cm³/mol. The van der Waals surface area contributed by atoms with Crippen LogP contribution in [-0.2, 0) is 10.5 Å². The quantitative estimate of drug-likeness (QED) is 0.292. The molecule has 3 heterocycles. The second-order valence-corrected chi connectivity index (χ2v) is 10.4. The van der Waals surface area contributed by atoms with Crippen molar-refractivity contribution in [3.63, 3.8) is 0 Å². The molecule has 1 aromatic carbocycles. The van der Waals surface area contributed by atoms with Gasteiger partial charge >= 0.3 is 5.97 Å². The van der Waals surface area contributed by atoms with Gasteiger partial charge in [0.2, 0.25) is 0 Å². The molecule has 1 atom stereocenters. The summed E-state index contributed by atoms with van der Waals surface area (Å²) in [4.78, 5) is 38.9. The number of fused-ring (bicyclic) bond motifs is 1. The fourth-order valence-corrected chi connectivity index (χ4v) is 6.02. The van der Waals surface area contributed by atoms with E-state index in [0.29, 0.717) is 27.4 Å². The van der Waals surface area contributed by atoms with Gasteiger partial charge in [-0.15, -0.1) is 22.7 Å². The summed E-state index contributed by atoms with van der Waals surface area (Å²) in [6.07, 6.45) is -0.686. The van der Waals surface area contributed by atoms with Gasteiger partial charge in [-0.1, -0.05) is 30.0 Å². The summed E-state index contributed by atoms with van der Waals surface area (Å²) in [7, 11) is 0. The van der Waals surface area contributed by atoms with Crippen LogP contribution in [0.25, 0.3) is 10.2 Å². The van der Waals surface area contributed by atoms with Gasteiger partial charge in [0.1, 0.15) is 9.17 Å². The average molecular weight is 472 g/mol. The van der Waals surface area contributed by atoms with Crippen molar-refractivity contribution in [3.8, 4) is 0 Å². The van der Waals surface area contributed by atoms with Crippen molar-refractivity contribution < 1.29 is 9.53 Å². The lowest BCUT2D eigenvalue weighted by molar-refractivity contribution is 0.0319. The molecule has 1 N–H and O–H groups in total. The Morgan fingerprint density at radius 3 is 2.74 bits per heavy atom. The van der Waals surface area contributed by atoms with Crippen molar-refractivity contribution in [1.29, 1.82) is 0 Å². The standard InChI is InChI=1S/C22H21N3O3S3/c1-11-9-29-22(23-11)30-10-15-7-5-6-8-16(15)21(27)28-13(3)18-24-19(26)17-12(2)14(4)31-20(17)25-18/h5-9,13H,10H2,1-4H3,(H,24,25,26). The zero-order valence-corrected chi connectivity index (χ0v) is 20.0. The molecule has 6 nitrogen and oxygen atoms in total. The van der Waals surface area contributed by atoms with Crippen LogP contribution >= 0.6 is 34.4 Å². The minimum absolute atomic E-state index is 0.208. The smallest absolute Gasteiger partial charge is 0.339 e. The van der Waals surface area contributed by atoms with Crippen LogP contribution in [0.1, 0.15) is 50.9 Å². The van der Waals surface area contributed by atoms with Gasteiger partial charge in [-0.2, -0.15) is 0 Å². The van der Waals surface area contributed by atoms with E-state index in [0.717, 1.165) is 26.0 Å². The lowest BCUT2D eigenvalue weighted by atomic mass is 10.1. The van der Waals surface area contributed by atoms with Crippen molar-refractivity contribution in [2.75, 3.05) is 0 Å². The van der Waals surface area contributed by atoms with Crippen LogP contribution in [0, 0.1) is 20.8 Å². The van der Waals surface area contributed by atoms with E-state index in [9.17, 15) is 9.59 Å². The van der Waals surface area contributed by atoms with Crippen molar-refractivity contribution in [2.24, 2.45) is 0 Å². The highest BCUT2D eigenvalue weighted by Crippen LogP contribution is 2.29. The number of ether oxygens (including phenoxy) is 1. The van der Waals surface area contributed by atoms with Crippen LogP contribution in [0.15, 0.2) is 38.8 Å². The minimum Gasteiger partial charge on any atom is -0.451 e. The van der Waals surface area contributed by atoms with Crippen LogP contribution in [0.4, 0.5) is 0 Å². The number of thiophene rings is 1. The molecule has 160 valence electrons. The Bertz CT molecular complexity index is 1320. The number of aromatic amines is 1. The number of aromatic nitrogens is 3. The first-order valence-electron chi connectivity index (χ1n) is 9.67. The Kier molecular flexibility index (Phi) is 6.27. The first-order valence-corrected chi connectivity index (χ1v) is 12.4. The Morgan fingerprint density at radius 1 is 1.23 bits per heavy atom. The zero-order chi connectivity index (χ0) is 22.1. The molecule has 4 rings (SSSR count). The molecule has 0 fully saturated rings. The van der Waals surface area contributed by atoms with Crippen molar-refractivity contribution >= 4 is 50.6 Å². The number of rotatable bonds is 6. The second-order valence-electron chi connectivity index (χ2n) is 7.16. The molecule has 0 amide bonds. The van der Waals surface area contributed by atoms with Gasteiger partial charge in [0.15, 0.2) is 11.9 Å². The third-order valence-electron chi connectivity index (χ3n) is 4.91.